The maximum absolute atomic E-state index is 11.1. The predicted molar refractivity (Wildman–Crippen MR) is 113 cm³/mol. The number of anilines is 1. The first-order chi connectivity index (χ1) is 14.2. The molecule has 29 heavy (non-hydrogen) atoms. The van der Waals surface area contributed by atoms with Gasteiger partial charge in [0.25, 0.3) is 0 Å². The van der Waals surface area contributed by atoms with Gasteiger partial charge in [-0.3, -0.25) is 4.90 Å². The molecule has 0 saturated carbocycles. The average Bonchev–Trinajstić information content (AvgIpc) is 2.75. The highest BCUT2D eigenvalue weighted by Gasteiger charge is 2.33. The van der Waals surface area contributed by atoms with Crippen LogP contribution in [-0.4, -0.2) is 71.5 Å². The number of morpholine rings is 1. The molecule has 2 aliphatic heterocycles. The maximum Gasteiger partial charge on any atom is 0.225 e. The van der Waals surface area contributed by atoms with Crippen LogP contribution in [0.3, 0.4) is 0 Å². The summed E-state index contributed by atoms with van der Waals surface area (Å²) >= 11 is 0. The van der Waals surface area contributed by atoms with Crippen LogP contribution in [0, 0.1) is 0 Å². The van der Waals surface area contributed by atoms with E-state index in [0.29, 0.717) is 19.0 Å². The van der Waals surface area contributed by atoms with Gasteiger partial charge in [-0.25, -0.2) is 9.97 Å². The lowest BCUT2D eigenvalue weighted by molar-refractivity contribution is 0.0256. The third kappa shape index (κ3) is 5.73. The zero-order valence-corrected chi connectivity index (χ0v) is 17.0. The average molecular weight is 398 g/mol. The zero-order valence-electron chi connectivity index (χ0n) is 17.0. The Morgan fingerprint density at radius 3 is 2.69 bits per heavy atom. The molecule has 0 aliphatic carbocycles. The summed E-state index contributed by atoms with van der Waals surface area (Å²) in [4.78, 5) is 13.2. The third-order valence-corrected chi connectivity index (χ3v) is 5.67. The smallest absolute Gasteiger partial charge is 0.225 e. The van der Waals surface area contributed by atoms with Crippen molar-refractivity contribution in [2.75, 3.05) is 50.8 Å². The molecular weight excluding hydrogens is 366 g/mol. The van der Waals surface area contributed by atoms with Crippen molar-refractivity contribution in [2.45, 2.75) is 31.5 Å². The molecule has 0 bridgehead atoms. The third-order valence-electron chi connectivity index (χ3n) is 5.67. The van der Waals surface area contributed by atoms with E-state index >= 15 is 0 Å². The van der Waals surface area contributed by atoms with Crippen LogP contribution in [-0.2, 0) is 17.8 Å². The number of hydrogen-bond donors (Lipinski definition) is 2. The van der Waals surface area contributed by atoms with Crippen LogP contribution in [0.1, 0.15) is 24.0 Å². The van der Waals surface area contributed by atoms with Crippen molar-refractivity contribution in [1.29, 1.82) is 0 Å². The van der Waals surface area contributed by atoms with E-state index in [1.54, 1.807) is 12.4 Å². The molecular formula is C22H31N5O2. The fourth-order valence-corrected chi connectivity index (χ4v) is 4.18. The molecule has 156 valence electrons. The largest absolute Gasteiger partial charge is 0.387 e. The van der Waals surface area contributed by atoms with E-state index < -0.39 is 5.60 Å². The number of ether oxygens (including phenoxy) is 1. The molecule has 1 aromatic heterocycles. The zero-order chi connectivity index (χ0) is 19.9. The number of nitrogens with zero attached hydrogens (tertiary/aromatic N) is 4. The van der Waals surface area contributed by atoms with E-state index in [9.17, 15) is 5.11 Å². The number of hydrogen-bond acceptors (Lipinski definition) is 7. The Morgan fingerprint density at radius 1 is 1.07 bits per heavy atom. The minimum absolute atomic E-state index is 0.557. The van der Waals surface area contributed by atoms with E-state index in [1.807, 2.05) is 6.07 Å². The molecule has 4 rings (SSSR count). The van der Waals surface area contributed by atoms with Gasteiger partial charge in [0, 0.05) is 51.7 Å². The van der Waals surface area contributed by atoms with Crippen LogP contribution in [0.5, 0.6) is 0 Å². The van der Waals surface area contributed by atoms with Gasteiger partial charge in [0.1, 0.15) is 0 Å². The topological polar surface area (TPSA) is 73.8 Å². The SMILES string of the molecule is O[C@@]1(CNCc2cccc(CN3CCOCC3)c2)CCCN(c2ncccn2)C1. The molecule has 1 aromatic carbocycles. The monoisotopic (exact) mass is 397 g/mol. The van der Waals surface area contributed by atoms with Crippen molar-refractivity contribution in [2.24, 2.45) is 0 Å². The number of nitrogens with one attached hydrogen (secondary N) is 1. The standard InChI is InChI=1S/C22H31N5O2/c28-22(6-2-9-27(18-22)21-24-7-3-8-25-21)17-23-15-19-4-1-5-20(14-19)16-26-10-12-29-13-11-26/h1,3-5,7-8,14,23,28H,2,6,9-13,15-18H2/t22-/m1/s1. The van der Waals surface area contributed by atoms with Crippen molar-refractivity contribution in [1.82, 2.24) is 20.2 Å². The predicted octanol–water partition coefficient (Wildman–Crippen LogP) is 1.43. The second-order valence-electron chi connectivity index (χ2n) is 8.11. The van der Waals surface area contributed by atoms with Gasteiger partial charge in [0.2, 0.25) is 5.95 Å². The second kappa shape index (κ2) is 9.63. The van der Waals surface area contributed by atoms with E-state index in [-0.39, 0.29) is 0 Å². The Kier molecular flexibility index (Phi) is 6.71. The molecule has 2 N–H and O–H groups in total. The number of benzene rings is 1. The van der Waals surface area contributed by atoms with E-state index in [1.165, 1.54) is 11.1 Å². The summed E-state index contributed by atoms with van der Waals surface area (Å²) in [5.74, 6) is 0.696. The van der Waals surface area contributed by atoms with Crippen LogP contribution in [0.4, 0.5) is 5.95 Å². The lowest BCUT2D eigenvalue weighted by Gasteiger charge is -2.39. The van der Waals surface area contributed by atoms with Gasteiger partial charge < -0.3 is 20.1 Å². The maximum atomic E-state index is 11.1. The quantitative estimate of drug-likeness (QED) is 0.732. The second-order valence-corrected chi connectivity index (χ2v) is 8.11. The number of β-amino-alcohol motifs (C(OH)–C–C–N with tert-alkyl or cyclic N) is 1. The van der Waals surface area contributed by atoms with Crippen LogP contribution in [0.2, 0.25) is 0 Å². The fourth-order valence-electron chi connectivity index (χ4n) is 4.18. The molecule has 2 fully saturated rings. The number of aromatic nitrogens is 2. The van der Waals surface area contributed by atoms with Gasteiger partial charge in [-0.15, -0.1) is 0 Å². The Labute approximate surface area is 172 Å². The van der Waals surface area contributed by atoms with Crippen LogP contribution >= 0.6 is 0 Å². The first-order valence-corrected chi connectivity index (χ1v) is 10.5. The molecule has 2 aromatic rings. The van der Waals surface area contributed by atoms with Gasteiger partial charge in [-0.2, -0.15) is 0 Å². The van der Waals surface area contributed by atoms with Gasteiger partial charge in [-0.05, 0) is 30.0 Å². The van der Waals surface area contributed by atoms with Crippen molar-refractivity contribution in [3.8, 4) is 0 Å². The minimum Gasteiger partial charge on any atom is -0.387 e. The number of piperidine rings is 1. The van der Waals surface area contributed by atoms with Crippen LogP contribution in [0.25, 0.3) is 0 Å². The molecule has 3 heterocycles. The molecule has 0 radical (unpaired) electrons. The van der Waals surface area contributed by atoms with Gasteiger partial charge in [0.15, 0.2) is 0 Å². The van der Waals surface area contributed by atoms with Crippen molar-refractivity contribution in [3.05, 3.63) is 53.9 Å². The Balaban J connectivity index is 1.28. The van der Waals surface area contributed by atoms with E-state index in [4.69, 9.17) is 4.74 Å². The molecule has 7 nitrogen and oxygen atoms in total. The van der Waals surface area contributed by atoms with Gasteiger partial charge in [0.05, 0.1) is 25.4 Å². The molecule has 0 amide bonds. The van der Waals surface area contributed by atoms with Crippen molar-refractivity contribution >= 4 is 5.95 Å². The summed E-state index contributed by atoms with van der Waals surface area (Å²) in [6, 6.07) is 10.5. The highest BCUT2D eigenvalue weighted by Crippen LogP contribution is 2.23. The highest BCUT2D eigenvalue weighted by molar-refractivity contribution is 5.30. The molecule has 1 atom stereocenters. The highest BCUT2D eigenvalue weighted by atomic mass is 16.5. The Hall–Kier alpha value is -2.06. The van der Waals surface area contributed by atoms with Crippen molar-refractivity contribution < 1.29 is 9.84 Å². The number of aliphatic hydroxyl groups is 1. The van der Waals surface area contributed by atoms with Crippen LogP contribution in [0.15, 0.2) is 42.7 Å². The lowest BCUT2D eigenvalue weighted by atomic mass is 9.93. The first-order valence-electron chi connectivity index (χ1n) is 10.5. The molecule has 0 spiro atoms. The number of rotatable bonds is 7. The van der Waals surface area contributed by atoms with Gasteiger partial charge >= 0.3 is 0 Å². The lowest BCUT2D eigenvalue weighted by Crippen LogP contribution is -2.53. The summed E-state index contributed by atoms with van der Waals surface area (Å²) in [5, 5.41) is 14.5. The Bertz CT molecular complexity index is 769. The van der Waals surface area contributed by atoms with E-state index in [2.05, 4.69) is 49.4 Å². The summed E-state index contributed by atoms with van der Waals surface area (Å²) < 4.78 is 5.43. The Morgan fingerprint density at radius 2 is 1.86 bits per heavy atom. The summed E-state index contributed by atoms with van der Waals surface area (Å²) in [6.07, 6.45) is 5.22. The molecule has 0 unspecified atom stereocenters. The van der Waals surface area contributed by atoms with Crippen LogP contribution < -0.4 is 10.2 Å². The summed E-state index contributed by atoms with van der Waals surface area (Å²) in [5.41, 5.74) is 1.82. The summed E-state index contributed by atoms with van der Waals surface area (Å²) in [7, 11) is 0. The molecule has 2 saturated heterocycles. The van der Waals surface area contributed by atoms with E-state index in [0.717, 1.165) is 58.8 Å². The summed E-state index contributed by atoms with van der Waals surface area (Å²) in [6.45, 7) is 7.36. The normalized spacial score (nSPS) is 23.3. The molecule has 2 aliphatic rings. The fraction of sp³-hybridized carbons (Fsp3) is 0.545. The first kappa shape index (κ1) is 20.2. The van der Waals surface area contributed by atoms with Crippen molar-refractivity contribution in [3.63, 3.8) is 0 Å². The molecule has 7 heteroatoms. The van der Waals surface area contributed by atoms with Gasteiger partial charge in [-0.1, -0.05) is 24.3 Å². The minimum atomic E-state index is -0.761.